The molecule has 0 saturated carbocycles. The van der Waals surface area contributed by atoms with Gasteiger partial charge in [-0.3, -0.25) is 4.90 Å². The van der Waals surface area contributed by atoms with E-state index >= 15 is 0 Å². The summed E-state index contributed by atoms with van der Waals surface area (Å²) in [4.78, 5) is 2.29. The van der Waals surface area contributed by atoms with Gasteiger partial charge in [0.1, 0.15) is 11.5 Å². The molecule has 0 saturated heterocycles. The van der Waals surface area contributed by atoms with E-state index in [9.17, 15) is 5.11 Å². The minimum Gasteiger partial charge on any atom is -0.508 e. The van der Waals surface area contributed by atoms with Crippen LogP contribution in [0.3, 0.4) is 0 Å². The Morgan fingerprint density at radius 2 is 1.79 bits per heavy atom. The SMILES string of the molecule is COc1cc(O)ccc1CN(C)[C@H](C)c1cccc2ccccc12. The van der Waals surface area contributed by atoms with E-state index in [0.717, 1.165) is 12.1 Å². The van der Waals surface area contributed by atoms with Gasteiger partial charge in [0.2, 0.25) is 0 Å². The summed E-state index contributed by atoms with van der Waals surface area (Å²) in [5.74, 6) is 0.937. The summed E-state index contributed by atoms with van der Waals surface area (Å²) in [7, 11) is 3.74. The van der Waals surface area contributed by atoms with Gasteiger partial charge in [0.15, 0.2) is 0 Å². The van der Waals surface area contributed by atoms with Gasteiger partial charge in [-0.2, -0.15) is 0 Å². The van der Waals surface area contributed by atoms with E-state index in [1.165, 1.54) is 16.3 Å². The van der Waals surface area contributed by atoms with Gasteiger partial charge in [-0.25, -0.2) is 0 Å². The molecule has 0 aliphatic rings. The van der Waals surface area contributed by atoms with E-state index in [2.05, 4.69) is 61.3 Å². The maximum absolute atomic E-state index is 9.61. The molecule has 3 aromatic rings. The predicted molar refractivity (Wildman–Crippen MR) is 98.5 cm³/mol. The Labute approximate surface area is 143 Å². The number of nitrogens with zero attached hydrogens (tertiary/aromatic N) is 1. The topological polar surface area (TPSA) is 32.7 Å². The van der Waals surface area contributed by atoms with Crippen LogP contribution in [0.25, 0.3) is 10.8 Å². The molecule has 0 amide bonds. The average Bonchev–Trinajstić information content (AvgIpc) is 2.62. The third kappa shape index (κ3) is 3.22. The molecule has 0 radical (unpaired) electrons. The third-order valence-corrected chi connectivity index (χ3v) is 4.63. The number of phenolic OH excluding ortho intramolecular Hbond substituents is 1. The van der Waals surface area contributed by atoms with Crippen LogP contribution in [0, 0.1) is 0 Å². The second kappa shape index (κ2) is 6.93. The molecule has 0 aromatic heterocycles. The maximum atomic E-state index is 9.61. The molecule has 3 nitrogen and oxygen atoms in total. The van der Waals surface area contributed by atoms with E-state index in [0.29, 0.717) is 5.75 Å². The van der Waals surface area contributed by atoms with Crippen molar-refractivity contribution in [2.45, 2.75) is 19.5 Å². The summed E-state index contributed by atoms with van der Waals surface area (Å²) in [5, 5.41) is 12.2. The second-order valence-corrected chi connectivity index (χ2v) is 6.16. The van der Waals surface area contributed by atoms with E-state index in [1.54, 1.807) is 19.2 Å². The molecule has 24 heavy (non-hydrogen) atoms. The number of rotatable bonds is 5. The smallest absolute Gasteiger partial charge is 0.127 e. The average molecular weight is 321 g/mol. The Morgan fingerprint density at radius 1 is 1.04 bits per heavy atom. The predicted octanol–water partition coefficient (Wildman–Crippen LogP) is 4.75. The van der Waals surface area contributed by atoms with Crippen LogP contribution < -0.4 is 4.74 Å². The van der Waals surface area contributed by atoms with Crippen molar-refractivity contribution in [3.63, 3.8) is 0 Å². The molecule has 1 N–H and O–H groups in total. The molecular formula is C21H23NO2. The molecule has 1 atom stereocenters. The highest BCUT2D eigenvalue weighted by Crippen LogP contribution is 2.30. The molecular weight excluding hydrogens is 298 g/mol. The van der Waals surface area contributed by atoms with Crippen molar-refractivity contribution in [3.8, 4) is 11.5 Å². The Bertz CT molecular complexity index is 839. The Kier molecular flexibility index (Phi) is 4.72. The highest BCUT2D eigenvalue weighted by atomic mass is 16.5. The third-order valence-electron chi connectivity index (χ3n) is 4.63. The van der Waals surface area contributed by atoms with Gasteiger partial charge in [0.05, 0.1) is 7.11 Å². The van der Waals surface area contributed by atoms with Crippen molar-refractivity contribution in [1.29, 1.82) is 0 Å². The minimum atomic E-state index is 0.223. The van der Waals surface area contributed by atoms with Gasteiger partial charge < -0.3 is 9.84 Å². The van der Waals surface area contributed by atoms with Gasteiger partial charge in [0.25, 0.3) is 0 Å². The number of methoxy groups -OCH3 is 1. The van der Waals surface area contributed by atoms with Crippen LogP contribution in [0.5, 0.6) is 11.5 Å². The maximum Gasteiger partial charge on any atom is 0.127 e. The molecule has 0 bridgehead atoms. The summed E-state index contributed by atoms with van der Waals surface area (Å²) < 4.78 is 5.40. The lowest BCUT2D eigenvalue weighted by molar-refractivity contribution is 0.250. The van der Waals surface area contributed by atoms with Gasteiger partial charge in [-0.15, -0.1) is 0 Å². The van der Waals surface area contributed by atoms with Gasteiger partial charge in [0, 0.05) is 24.2 Å². The van der Waals surface area contributed by atoms with Crippen molar-refractivity contribution in [2.75, 3.05) is 14.2 Å². The van der Waals surface area contributed by atoms with Crippen molar-refractivity contribution in [3.05, 3.63) is 71.8 Å². The largest absolute Gasteiger partial charge is 0.508 e. The van der Waals surface area contributed by atoms with Crippen molar-refractivity contribution < 1.29 is 9.84 Å². The fraction of sp³-hybridized carbons (Fsp3) is 0.238. The van der Waals surface area contributed by atoms with Crippen molar-refractivity contribution in [2.24, 2.45) is 0 Å². The fourth-order valence-electron chi connectivity index (χ4n) is 3.12. The van der Waals surface area contributed by atoms with Crippen LogP contribution >= 0.6 is 0 Å². The Hall–Kier alpha value is -2.52. The van der Waals surface area contributed by atoms with E-state index < -0.39 is 0 Å². The Morgan fingerprint density at radius 3 is 2.58 bits per heavy atom. The van der Waals surface area contributed by atoms with E-state index in [4.69, 9.17) is 4.74 Å². The Balaban J connectivity index is 1.88. The van der Waals surface area contributed by atoms with Gasteiger partial charge >= 0.3 is 0 Å². The zero-order valence-electron chi connectivity index (χ0n) is 14.4. The first-order chi connectivity index (χ1) is 11.6. The number of hydrogen-bond donors (Lipinski definition) is 1. The lowest BCUT2D eigenvalue weighted by Crippen LogP contribution is -2.22. The van der Waals surface area contributed by atoms with Crippen LogP contribution in [0.1, 0.15) is 24.1 Å². The summed E-state index contributed by atoms with van der Waals surface area (Å²) >= 11 is 0. The first kappa shape index (κ1) is 16.3. The summed E-state index contributed by atoms with van der Waals surface area (Å²) in [6, 6.07) is 20.5. The number of benzene rings is 3. The highest BCUT2D eigenvalue weighted by molar-refractivity contribution is 5.86. The van der Waals surface area contributed by atoms with Crippen LogP contribution in [0.2, 0.25) is 0 Å². The monoisotopic (exact) mass is 321 g/mol. The zero-order valence-corrected chi connectivity index (χ0v) is 14.4. The molecule has 3 heteroatoms. The number of ether oxygens (including phenoxy) is 1. The van der Waals surface area contributed by atoms with Crippen LogP contribution in [0.4, 0.5) is 0 Å². The quantitative estimate of drug-likeness (QED) is 0.736. The van der Waals surface area contributed by atoms with Crippen LogP contribution in [0.15, 0.2) is 60.7 Å². The summed E-state index contributed by atoms with van der Waals surface area (Å²) in [6.45, 7) is 2.96. The fourth-order valence-corrected chi connectivity index (χ4v) is 3.12. The van der Waals surface area contributed by atoms with Crippen molar-refractivity contribution in [1.82, 2.24) is 4.90 Å². The molecule has 3 aromatic carbocycles. The van der Waals surface area contributed by atoms with E-state index in [-0.39, 0.29) is 11.8 Å². The van der Waals surface area contributed by atoms with Gasteiger partial charge in [-0.05, 0) is 36.4 Å². The first-order valence-electron chi connectivity index (χ1n) is 8.14. The number of aromatic hydroxyl groups is 1. The lowest BCUT2D eigenvalue weighted by Gasteiger charge is -2.27. The highest BCUT2D eigenvalue weighted by Gasteiger charge is 2.16. The second-order valence-electron chi connectivity index (χ2n) is 6.16. The molecule has 3 rings (SSSR count). The van der Waals surface area contributed by atoms with Crippen molar-refractivity contribution >= 4 is 10.8 Å². The lowest BCUT2D eigenvalue weighted by atomic mass is 9.98. The van der Waals surface area contributed by atoms with Crippen LogP contribution in [-0.4, -0.2) is 24.2 Å². The molecule has 0 spiro atoms. The summed E-state index contributed by atoms with van der Waals surface area (Å²) in [5.41, 5.74) is 2.37. The first-order valence-corrected chi connectivity index (χ1v) is 8.14. The molecule has 0 unspecified atom stereocenters. The van der Waals surface area contributed by atoms with Gasteiger partial charge in [-0.1, -0.05) is 48.5 Å². The molecule has 0 aliphatic carbocycles. The normalized spacial score (nSPS) is 12.5. The molecule has 124 valence electrons. The number of fused-ring (bicyclic) bond motifs is 1. The molecule has 0 aliphatic heterocycles. The standard InChI is InChI=1S/C21H23NO2/c1-15(19-10-6-8-16-7-4-5-9-20(16)19)22(2)14-17-11-12-18(23)13-21(17)24-3/h4-13,15,23H,14H2,1-3H3/t15-/m1/s1. The molecule has 0 fully saturated rings. The zero-order chi connectivity index (χ0) is 17.1. The summed E-state index contributed by atoms with van der Waals surface area (Å²) in [6.07, 6.45) is 0. The van der Waals surface area contributed by atoms with Crippen LogP contribution in [-0.2, 0) is 6.54 Å². The van der Waals surface area contributed by atoms with E-state index in [1.807, 2.05) is 6.07 Å². The minimum absolute atomic E-state index is 0.223. The molecule has 0 heterocycles. The number of phenols is 1. The number of hydrogen-bond acceptors (Lipinski definition) is 3.